The van der Waals surface area contributed by atoms with Crippen LogP contribution in [0.2, 0.25) is 0 Å². The fourth-order valence-electron chi connectivity index (χ4n) is 2.91. The number of anilines is 1. The number of carbonyl (C=O) groups is 1. The van der Waals surface area contributed by atoms with Gasteiger partial charge in [-0.25, -0.2) is 0 Å². The summed E-state index contributed by atoms with van der Waals surface area (Å²) in [6.07, 6.45) is 2.64. The SMILES string of the molecule is CCCn1ccc2c(OCC(=O)Nc3ccccc3OC)cccc2c1=O. The first kappa shape index (κ1) is 18.5. The monoisotopic (exact) mass is 366 g/mol. The largest absolute Gasteiger partial charge is 0.495 e. The molecule has 0 bridgehead atoms. The molecule has 6 nitrogen and oxygen atoms in total. The Balaban J connectivity index is 1.76. The molecule has 0 aliphatic rings. The van der Waals surface area contributed by atoms with E-state index in [0.29, 0.717) is 34.5 Å². The minimum Gasteiger partial charge on any atom is -0.495 e. The van der Waals surface area contributed by atoms with Crippen molar-refractivity contribution in [1.82, 2.24) is 4.57 Å². The summed E-state index contributed by atoms with van der Waals surface area (Å²) >= 11 is 0. The number of aromatic nitrogens is 1. The van der Waals surface area contributed by atoms with Crippen molar-refractivity contribution in [2.24, 2.45) is 0 Å². The van der Waals surface area contributed by atoms with Gasteiger partial charge in [0.2, 0.25) is 0 Å². The van der Waals surface area contributed by atoms with Gasteiger partial charge in [-0.1, -0.05) is 25.1 Å². The fourth-order valence-corrected chi connectivity index (χ4v) is 2.91. The first-order valence-electron chi connectivity index (χ1n) is 8.82. The van der Waals surface area contributed by atoms with Crippen molar-refractivity contribution in [2.75, 3.05) is 19.0 Å². The van der Waals surface area contributed by atoms with Crippen LogP contribution in [0.5, 0.6) is 11.5 Å². The highest BCUT2D eigenvalue weighted by Crippen LogP contribution is 2.24. The van der Waals surface area contributed by atoms with Crippen LogP contribution in [0.25, 0.3) is 10.8 Å². The Morgan fingerprint density at radius 1 is 1.04 bits per heavy atom. The summed E-state index contributed by atoms with van der Waals surface area (Å²) < 4.78 is 12.6. The van der Waals surface area contributed by atoms with Crippen LogP contribution in [0, 0.1) is 0 Å². The average molecular weight is 366 g/mol. The normalized spacial score (nSPS) is 10.6. The lowest BCUT2D eigenvalue weighted by Crippen LogP contribution is -2.21. The third-order valence-corrected chi connectivity index (χ3v) is 4.18. The van der Waals surface area contributed by atoms with Crippen LogP contribution in [0.4, 0.5) is 5.69 Å². The van der Waals surface area contributed by atoms with Crippen LogP contribution in [0.1, 0.15) is 13.3 Å². The predicted molar refractivity (Wildman–Crippen MR) is 106 cm³/mol. The zero-order valence-corrected chi connectivity index (χ0v) is 15.4. The third-order valence-electron chi connectivity index (χ3n) is 4.18. The van der Waals surface area contributed by atoms with E-state index in [1.54, 1.807) is 48.2 Å². The molecule has 6 heteroatoms. The van der Waals surface area contributed by atoms with E-state index >= 15 is 0 Å². The Morgan fingerprint density at radius 2 is 1.81 bits per heavy atom. The van der Waals surface area contributed by atoms with E-state index in [1.165, 1.54) is 0 Å². The van der Waals surface area contributed by atoms with Gasteiger partial charge in [0.15, 0.2) is 6.61 Å². The molecule has 1 heterocycles. The molecule has 0 spiro atoms. The Morgan fingerprint density at radius 3 is 2.59 bits per heavy atom. The van der Waals surface area contributed by atoms with Gasteiger partial charge < -0.3 is 19.4 Å². The lowest BCUT2D eigenvalue weighted by Gasteiger charge is -2.12. The molecule has 0 saturated carbocycles. The Kier molecular flexibility index (Phi) is 5.76. The van der Waals surface area contributed by atoms with Gasteiger partial charge in [-0.05, 0) is 36.8 Å². The molecule has 1 aromatic heterocycles. The van der Waals surface area contributed by atoms with E-state index in [4.69, 9.17) is 9.47 Å². The highest BCUT2D eigenvalue weighted by atomic mass is 16.5. The number of fused-ring (bicyclic) bond motifs is 1. The first-order valence-corrected chi connectivity index (χ1v) is 8.82. The van der Waals surface area contributed by atoms with E-state index in [0.717, 1.165) is 6.42 Å². The maximum atomic E-state index is 12.5. The van der Waals surface area contributed by atoms with E-state index < -0.39 is 0 Å². The quantitative estimate of drug-likeness (QED) is 0.695. The number of hydrogen-bond acceptors (Lipinski definition) is 4. The van der Waals surface area contributed by atoms with Crippen LogP contribution >= 0.6 is 0 Å². The molecule has 1 N–H and O–H groups in total. The van der Waals surface area contributed by atoms with Crippen LogP contribution in [-0.2, 0) is 11.3 Å². The van der Waals surface area contributed by atoms with E-state index in [2.05, 4.69) is 5.32 Å². The second-order valence-corrected chi connectivity index (χ2v) is 6.07. The summed E-state index contributed by atoms with van der Waals surface area (Å²) in [5.41, 5.74) is 0.521. The number of para-hydroxylation sites is 2. The summed E-state index contributed by atoms with van der Waals surface area (Å²) in [6.45, 7) is 2.52. The van der Waals surface area contributed by atoms with E-state index in [-0.39, 0.29) is 18.1 Å². The molecule has 0 aliphatic heterocycles. The van der Waals surface area contributed by atoms with Gasteiger partial charge in [0, 0.05) is 18.1 Å². The van der Waals surface area contributed by atoms with Gasteiger partial charge in [-0.2, -0.15) is 0 Å². The molecule has 0 atom stereocenters. The highest BCUT2D eigenvalue weighted by molar-refractivity contribution is 5.94. The number of nitrogens with one attached hydrogen (secondary N) is 1. The van der Waals surface area contributed by atoms with Crippen molar-refractivity contribution in [3.05, 3.63) is 65.1 Å². The Bertz CT molecular complexity index is 1010. The summed E-state index contributed by atoms with van der Waals surface area (Å²) in [5.74, 6) is 0.770. The number of amides is 1. The molecule has 0 unspecified atom stereocenters. The molecule has 0 fully saturated rings. The average Bonchev–Trinajstić information content (AvgIpc) is 2.69. The zero-order chi connectivity index (χ0) is 19.2. The van der Waals surface area contributed by atoms with Gasteiger partial charge in [0.25, 0.3) is 11.5 Å². The molecule has 0 radical (unpaired) electrons. The molecule has 140 valence electrons. The van der Waals surface area contributed by atoms with Gasteiger partial charge >= 0.3 is 0 Å². The van der Waals surface area contributed by atoms with Crippen LogP contribution < -0.4 is 20.3 Å². The summed E-state index contributed by atoms with van der Waals surface area (Å²) in [7, 11) is 1.54. The number of methoxy groups -OCH3 is 1. The summed E-state index contributed by atoms with van der Waals surface area (Å²) in [4.78, 5) is 24.8. The molecular formula is C21H22N2O4. The standard InChI is InChI=1S/C21H22N2O4/c1-3-12-23-13-11-15-16(21(23)25)7-6-10-18(15)27-14-20(24)22-17-8-4-5-9-19(17)26-2/h4-11,13H,3,12,14H2,1-2H3,(H,22,24). The fraction of sp³-hybridized carbons (Fsp3) is 0.238. The molecule has 2 aromatic carbocycles. The van der Waals surface area contributed by atoms with Gasteiger partial charge in [-0.3, -0.25) is 9.59 Å². The molecule has 0 aliphatic carbocycles. The van der Waals surface area contributed by atoms with Crippen LogP contribution in [0.15, 0.2) is 59.5 Å². The van der Waals surface area contributed by atoms with Crippen molar-refractivity contribution >= 4 is 22.4 Å². The van der Waals surface area contributed by atoms with Gasteiger partial charge in [0.05, 0.1) is 18.2 Å². The molecular weight excluding hydrogens is 344 g/mol. The number of rotatable bonds is 7. The molecule has 0 saturated heterocycles. The number of benzene rings is 2. The number of hydrogen-bond donors (Lipinski definition) is 1. The molecule has 3 aromatic rings. The maximum absolute atomic E-state index is 12.5. The number of pyridine rings is 1. The third kappa shape index (κ3) is 4.11. The van der Waals surface area contributed by atoms with Crippen LogP contribution in [-0.4, -0.2) is 24.2 Å². The summed E-state index contributed by atoms with van der Waals surface area (Å²) in [6, 6.07) is 14.3. The van der Waals surface area contributed by atoms with Crippen molar-refractivity contribution in [1.29, 1.82) is 0 Å². The number of carbonyl (C=O) groups excluding carboxylic acids is 1. The number of nitrogens with zero attached hydrogens (tertiary/aromatic N) is 1. The van der Waals surface area contributed by atoms with Crippen molar-refractivity contribution in [3.8, 4) is 11.5 Å². The number of aryl methyl sites for hydroxylation is 1. The minimum atomic E-state index is -0.309. The Labute approximate surface area is 157 Å². The van der Waals surface area contributed by atoms with Crippen molar-refractivity contribution < 1.29 is 14.3 Å². The first-order chi connectivity index (χ1) is 13.1. The molecule has 27 heavy (non-hydrogen) atoms. The maximum Gasteiger partial charge on any atom is 0.262 e. The second kappa shape index (κ2) is 8.40. The lowest BCUT2D eigenvalue weighted by atomic mass is 10.1. The van der Waals surface area contributed by atoms with Crippen LogP contribution in [0.3, 0.4) is 0 Å². The highest BCUT2D eigenvalue weighted by Gasteiger charge is 2.11. The predicted octanol–water partition coefficient (Wildman–Crippen LogP) is 3.44. The number of ether oxygens (including phenoxy) is 2. The van der Waals surface area contributed by atoms with Gasteiger partial charge in [0.1, 0.15) is 11.5 Å². The van der Waals surface area contributed by atoms with Crippen molar-refractivity contribution in [2.45, 2.75) is 19.9 Å². The Hall–Kier alpha value is -3.28. The van der Waals surface area contributed by atoms with E-state index in [1.807, 2.05) is 25.1 Å². The topological polar surface area (TPSA) is 69.6 Å². The van der Waals surface area contributed by atoms with Gasteiger partial charge in [-0.15, -0.1) is 0 Å². The minimum absolute atomic E-state index is 0.0572. The molecule has 3 rings (SSSR count). The van der Waals surface area contributed by atoms with E-state index in [9.17, 15) is 9.59 Å². The van der Waals surface area contributed by atoms with Crippen molar-refractivity contribution in [3.63, 3.8) is 0 Å². The molecule has 1 amide bonds. The summed E-state index contributed by atoms with van der Waals surface area (Å²) in [5, 5.41) is 4.03. The smallest absolute Gasteiger partial charge is 0.262 e. The zero-order valence-electron chi connectivity index (χ0n) is 15.4. The lowest BCUT2D eigenvalue weighted by molar-refractivity contribution is -0.118. The second-order valence-electron chi connectivity index (χ2n) is 6.07.